The van der Waals surface area contributed by atoms with Crippen LogP contribution in [0, 0.1) is 0 Å². The lowest BCUT2D eigenvalue weighted by Crippen LogP contribution is -1.86. The van der Waals surface area contributed by atoms with Gasteiger partial charge in [-0.25, -0.2) is 0 Å². The third kappa shape index (κ3) is 0.257. The fourth-order valence-corrected chi connectivity index (χ4v) is 0.612. The summed E-state index contributed by atoms with van der Waals surface area (Å²) in [6.45, 7) is 0. The number of hydrogen-bond acceptors (Lipinski definition) is 1. The van der Waals surface area contributed by atoms with Gasteiger partial charge in [-0.05, 0) is 0 Å². The van der Waals surface area contributed by atoms with Crippen LogP contribution in [0.2, 0.25) is 0 Å². The molecule has 0 aromatic rings. The molecular formula is C2H3S2+. The zero-order valence-corrected chi connectivity index (χ0v) is 3.73. The van der Waals surface area contributed by atoms with Gasteiger partial charge in [0.25, 0.3) is 10.4 Å². The van der Waals surface area contributed by atoms with E-state index >= 15 is 0 Å². The van der Waals surface area contributed by atoms with Gasteiger partial charge in [-0.1, -0.05) is 0 Å². The van der Waals surface area contributed by atoms with E-state index in [1.54, 1.807) is 0 Å². The van der Waals surface area contributed by atoms with Gasteiger partial charge in [0, 0.05) is 0 Å². The van der Waals surface area contributed by atoms with Gasteiger partial charge in [0.2, 0.25) is 0 Å². The fraction of sp³-hybridized carbons (Fsp3) is 0.500. The molecule has 2 heteroatoms. The van der Waals surface area contributed by atoms with E-state index in [4.69, 9.17) is 0 Å². The van der Waals surface area contributed by atoms with Crippen LogP contribution in [0.1, 0.15) is 0 Å². The van der Waals surface area contributed by atoms with Crippen LogP contribution in [-0.2, 0) is 10.4 Å². The minimum Gasteiger partial charge on any atom is 0.126 e. The molecular weight excluding hydrogens is 88.2 g/mol. The zero-order chi connectivity index (χ0) is 2.83. The molecule has 0 spiro atoms. The molecule has 0 radical (unpaired) electrons. The molecule has 0 aromatic heterocycles. The Labute approximate surface area is 32.9 Å². The average molecular weight is 91.2 g/mol. The maximum absolute atomic E-state index is 2.19. The van der Waals surface area contributed by atoms with Crippen molar-refractivity contribution in [2.24, 2.45) is 0 Å². The van der Waals surface area contributed by atoms with Gasteiger partial charge < -0.3 is 0 Å². The zero-order valence-electron chi connectivity index (χ0n) is 2.10. The van der Waals surface area contributed by atoms with Gasteiger partial charge >= 0.3 is 0 Å². The maximum Gasteiger partial charge on any atom is 0.257 e. The van der Waals surface area contributed by atoms with E-state index in [0.29, 0.717) is 0 Å². The molecule has 0 N–H and O–H groups in total. The van der Waals surface area contributed by atoms with Crippen LogP contribution < -0.4 is 0 Å². The number of hydrogen-bond donors (Lipinski definition) is 0. The SMILES string of the molecule is C1=[S+]SC1. The molecule has 0 aromatic carbocycles. The molecule has 0 aliphatic carbocycles. The molecule has 0 bridgehead atoms. The third-order valence-corrected chi connectivity index (χ3v) is 2.45. The van der Waals surface area contributed by atoms with Crippen LogP contribution in [0.5, 0.6) is 0 Å². The first-order chi connectivity index (χ1) is 2.00. The molecule has 0 amide bonds. The van der Waals surface area contributed by atoms with E-state index in [9.17, 15) is 0 Å². The summed E-state index contributed by atoms with van der Waals surface area (Å²) in [4.78, 5) is 0. The van der Waals surface area contributed by atoms with E-state index in [2.05, 4.69) is 5.37 Å². The summed E-state index contributed by atoms with van der Waals surface area (Å²) in [5.41, 5.74) is 0. The summed E-state index contributed by atoms with van der Waals surface area (Å²) in [7, 11) is 3.73. The second kappa shape index (κ2) is 1.04. The quantitative estimate of drug-likeness (QED) is 0.238. The highest BCUT2D eigenvalue weighted by molar-refractivity contribution is 8.68. The molecule has 22 valence electrons. The van der Waals surface area contributed by atoms with Gasteiger partial charge in [0.1, 0.15) is 5.75 Å². The summed E-state index contributed by atoms with van der Waals surface area (Å²) >= 11 is 0. The van der Waals surface area contributed by atoms with Crippen molar-refractivity contribution in [3.05, 3.63) is 0 Å². The van der Waals surface area contributed by atoms with Gasteiger partial charge in [0.15, 0.2) is 16.2 Å². The van der Waals surface area contributed by atoms with Crippen molar-refractivity contribution >= 4 is 26.5 Å². The van der Waals surface area contributed by atoms with Crippen molar-refractivity contribution in [2.45, 2.75) is 0 Å². The van der Waals surface area contributed by atoms with Crippen LogP contribution in [-0.4, -0.2) is 11.1 Å². The van der Waals surface area contributed by atoms with Crippen LogP contribution in [0.25, 0.3) is 0 Å². The lowest BCUT2D eigenvalue weighted by molar-refractivity contribution is 2.18. The van der Waals surface area contributed by atoms with E-state index in [1.807, 2.05) is 21.2 Å². The molecule has 0 unspecified atom stereocenters. The molecule has 1 rings (SSSR count). The maximum atomic E-state index is 2.19. The Morgan fingerprint density at radius 2 is 2.25 bits per heavy atom. The highest BCUT2D eigenvalue weighted by Gasteiger charge is 2.05. The molecule has 4 heavy (non-hydrogen) atoms. The second-order valence-corrected chi connectivity index (χ2v) is 2.93. The largest absolute Gasteiger partial charge is 0.257 e. The minimum atomic E-state index is 1.25. The predicted molar refractivity (Wildman–Crippen MR) is 25.9 cm³/mol. The first-order valence-corrected chi connectivity index (χ1v) is 3.48. The first kappa shape index (κ1) is 2.67. The van der Waals surface area contributed by atoms with Crippen LogP contribution in [0.4, 0.5) is 0 Å². The molecule has 0 atom stereocenters. The Hall–Kier alpha value is 0.440. The van der Waals surface area contributed by atoms with Crippen molar-refractivity contribution in [2.75, 3.05) is 5.75 Å². The number of rotatable bonds is 0. The average Bonchev–Trinajstić information content (AvgIpc) is 0.722. The topological polar surface area (TPSA) is 0 Å². The fourth-order valence-electron chi connectivity index (χ4n) is 0.0680. The standard InChI is InChI=1S/C2H3S2/c1-2-4-3-1/h1H,2H2/q+1. The Kier molecular flexibility index (Phi) is 0.692. The molecule has 1 heterocycles. The van der Waals surface area contributed by atoms with Crippen molar-refractivity contribution < 1.29 is 0 Å². The Morgan fingerprint density at radius 1 is 2.00 bits per heavy atom. The molecule has 0 fully saturated rings. The first-order valence-electron chi connectivity index (χ1n) is 1.10. The summed E-state index contributed by atoms with van der Waals surface area (Å²) in [5.74, 6) is 1.25. The van der Waals surface area contributed by atoms with Gasteiger partial charge in [-0.3, -0.25) is 0 Å². The lowest BCUT2D eigenvalue weighted by Gasteiger charge is -1.68. The summed E-state index contributed by atoms with van der Waals surface area (Å²) < 4.78 is 0. The van der Waals surface area contributed by atoms with Crippen LogP contribution >= 0.6 is 10.8 Å². The van der Waals surface area contributed by atoms with Gasteiger partial charge in [-0.15, -0.1) is 0 Å². The second-order valence-electron chi connectivity index (χ2n) is 0.547. The van der Waals surface area contributed by atoms with Gasteiger partial charge in [-0.2, -0.15) is 0 Å². The Bertz CT molecular complexity index is 33.3. The summed E-state index contributed by atoms with van der Waals surface area (Å²) in [6, 6.07) is 0. The molecule has 0 saturated carbocycles. The summed E-state index contributed by atoms with van der Waals surface area (Å²) in [5, 5.41) is 2.19. The normalized spacial score (nSPS) is 20.0. The van der Waals surface area contributed by atoms with Gasteiger partial charge in [0.05, 0.1) is 0 Å². The Balaban J connectivity index is 2.47. The van der Waals surface area contributed by atoms with Crippen molar-refractivity contribution in [1.82, 2.24) is 0 Å². The Morgan fingerprint density at radius 3 is 2.25 bits per heavy atom. The van der Waals surface area contributed by atoms with Crippen molar-refractivity contribution in [1.29, 1.82) is 0 Å². The summed E-state index contributed by atoms with van der Waals surface area (Å²) in [6.07, 6.45) is 0. The van der Waals surface area contributed by atoms with Crippen LogP contribution in [0.3, 0.4) is 0 Å². The smallest absolute Gasteiger partial charge is 0.126 e. The molecule has 1 aliphatic heterocycles. The highest BCUT2D eigenvalue weighted by Crippen LogP contribution is 2.01. The van der Waals surface area contributed by atoms with Crippen molar-refractivity contribution in [3.8, 4) is 0 Å². The third-order valence-electron chi connectivity index (χ3n) is 0.272. The lowest BCUT2D eigenvalue weighted by atomic mass is 11.0. The van der Waals surface area contributed by atoms with E-state index in [1.165, 1.54) is 5.75 Å². The van der Waals surface area contributed by atoms with E-state index < -0.39 is 0 Å². The van der Waals surface area contributed by atoms with E-state index in [0.717, 1.165) is 0 Å². The monoisotopic (exact) mass is 91.0 g/mol. The minimum absolute atomic E-state index is 1.25. The molecule has 0 saturated heterocycles. The molecule has 0 nitrogen and oxygen atoms in total. The van der Waals surface area contributed by atoms with E-state index in [-0.39, 0.29) is 0 Å². The highest BCUT2D eigenvalue weighted by atomic mass is 33.1. The molecule has 1 aliphatic rings. The predicted octanol–water partition coefficient (Wildman–Crippen LogP) is 0.533. The van der Waals surface area contributed by atoms with Crippen LogP contribution in [0.15, 0.2) is 0 Å². The van der Waals surface area contributed by atoms with Crippen molar-refractivity contribution in [3.63, 3.8) is 0 Å².